The molecule has 1 aromatic carbocycles. The van der Waals surface area contributed by atoms with Crippen LogP contribution in [0.4, 0.5) is 18.9 Å². The number of ether oxygens (including phenoxy) is 1. The Labute approximate surface area is 178 Å². The molecule has 0 aliphatic rings. The minimum Gasteiger partial charge on any atom is -0.468 e. The first-order chi connectivity index (χ1) is 13.7. The fourth-order valence-corrected chi connectivity index (χ4v) is 3.41. The molecule has 29 heavy (non-hydrogen) atoms. The Morgan fingerprint density at radius 3 is 2.69 bits per heavy atom. The van der Waals surface area contributed by atoms with Crippen LogP contribution >= 0.6 is 34.5 Å². The van der Waals surface area contributed by atoms with Crippen LogP contribution in [0.3, 0.4) is 0 Å². The van der Waals surface area contributed by atoms with Gasteiger partial charge in [-0.1, -0.05) is 23.2 Å². The van der Waals surface area contributed by atoms with Crippen LogP contribution in [-0.2, 0) is 0 Å². The van der Waals surface area contributed by atoms with E-state index in [1.54, 1.807) is 31.2 Å². The van der Waals surface area contributed by atoms with E-state index in [4.69, 9.17) is 23.2 Å². The highest BCUT2D eigenvalue weighted by Gasteiger charge is 2.28. The van der Waals surface area contributed by atoms with Gasteiger partial charge in [-0.05, 0) is 31.2 Å². The van der Waals surface area contributed by atoms with Crippen LogP contribution in [0.15, 0.2) is 47.0 Å². The molecule has 3 rings (SSSR count). The fraction of sp³-hybridized carbons (Fsp3) is 0.167. The first-order valence-corrected chi connectivity index (χ1v) is 9.72. The molecule has 0 spiro atoms. The summed E-state index contributed by atoms with van der Waals surface area (Å²) in [6, 6.07) is 7.97. The van der Waals surface area contributed by atoms with Crippen LogP contribution in [0.1, 0.15) is 12.6 Å². The summed E-state index contributed by atoms with van der Waals surface area (Å²) in [6.45, 7) is 0.392. The molecule has 3 aromatic rings. The third-order valence-electron chi connectivity index (χ3n) is 3.52. The maximum absolute atomic E-state index is 12.2. The lowest BCUT2D eigenvalue weighted by Gasteiger charge is -2.08. The highest BCUT2D eigenvalue weighted by atomic mass is 35.5. The molecule has 0 fully saturated rings. The number of hydrogen-bond donors (Lipinski definition) is 1. The van der Waals surface area contributed by atoms with E-state index < -0.39 is 12.8 Å². The SMILES string of the molecule is CC(=NNc1ccc(Cl)cc1Cl)c1csc(-c2ccc(OCC(F)(F)F)nc2)n1. The first kappa shape index (κ1) is 21.4. The smallest absolute Gasteiger partial charge is 0.422 e. The zero-order valence-electron chi connectivity index (χ0n) is 14.8. The zero-order valence-corrected chi connectivity index (χ0v) is 17.1. The fourth-order valence-electron chi connectivity index (χ4n) is 2.10. The van der Waals surface area contributed by atoms with Crippen molar-refractivity contribution in [1.82, 2.24) is 9.97 Å². The predicted molar refractivity (Wildman–Crippen MR) is 109 cm³/mol. The third kappa shape index (κ3) is 6.06. The lowest BCUT2D eigenvalue weighted by atomic mass is 10.3. The average Bonchev–Trinajstić information content (AvgIpc) is 3.15. The second-order valence-corrected chi connectivity index (χ2v) is 7.46. The van der Waals surface area contributed by atoms with Crippen LogP contribution in [0.5, 0.6) is 5.88 Å². The molecule has 2 aromatic heterocycles. The lowest BCUT2D eigenvalue weighted by Crippen LogP contribution is -2.19. The Bertz CT molecular complexity index is 1020. The van der Waals surface area contributed by atoms with Crippen molar-refractivity contribution in [1.29, 1.82) is 0 Å². The van der Waals surface area contributed by atoms with Crippen molar-refractivity contribution in [3.05, 3.63) is 57.6 Å². The number of nitrogens with zero attached hydrogens (tertiary/aromatic N) is 3. The van der Waals surface area contributed by atoms with Gasteiger partial charge >= 0.3 is 6.18 Å². The number of pyridine rings is 1. The molecule has 5 nitrogen and oxygen atoms in total. The molecule has 152 valence electrons. The van der Waals surface area contributed by atoms with Gasteiger partial charge in [0.05, 0.1) is 22.1 Å². The number of aromatic nitrogens is 2. The molecule has 11 heteroatoms. The minimum absolute atomic E-state index is 0.107. The summed E-state index contributed by atoms with van der Waals surface area (Å²) < 4.78 is 41.1. The van der Waals surface area contributed by atoms with Gasteiger partial charge in [0, 0.05) is 28.2 Å². The summed E-state index contributed by atoms with van der Waals surface area (Å²) in [6.07, 6.45) is -3.00. The molecule has 2 heterocycles. The molecule has 0 saturated carbocycles. The van der Waals surface area contributed by atoms with Crippen molar-refractivity contribution in [3.8, 4) is 16.5 Å². The van der Waals surface area contributed by atoms with E-state index in [0.717, 1.165) is 0 Å². The van der Waals surface area contributed by atoms with Crippen molar-refractivity contribution in [2.75, 3.05) is 12.0 Å². The second-order valence-electron chi connectivity index (χ2n) is 5.76. The molecular weight excluding hydrogens is 448 g/mol. The van der Waals surface area contributed by atoms with Gasteiger partial charge in [-0.3, -0.25) is 5.43 Å². The molecule has 0 aliphatic carbocycles. The van der Waals surface area contributed by atoms with Crippen LogP contribution in [0.25, 0.3) is 10.6 Å². The summed E-state index contributed by atoms with van der Waals surface area (Å²) in [4.78, 5) is 8.36. The van der Waals surface area contributed by atoms with Crippen LogP contribution in [0, 0.1) is 0 Å². The van der Waals surface area contributed by atoms with Gasteiger partial charge in [-0.15, -0.1) is 11.3 Å². The van der Waals surface area contributed by atoms with Gasteiger partial charge in [0.25, 0.3) is 0 Å². The van der Waals surface area contributed by atoms with Crippen molar-refractivity contribution < 1.29 is 17.9 Å². The zero-order chi connectivity index (χ0) is 21.0. The standard InChI is InChI=1S/C18H13Cl2F3N4OS/c1-10(26-27-14-4-3-12(19)6-13(14)20)15-8-29-17(25-15)11-2-5-16(24-7-11)28-9-18(21,22)23/h2-8,27H,9H2,1H3. The van der Waals surface area contributed by atoms with E-state index in [1.165, 1.54) is 23.6 Å². The number of hydrazone groups is 1. The molecule has 1 N–H and O–H groups in total. The van der Waals surface area contributed by atoms with E-state index in [9.17, 15) is 13.2 Å². The largest absolute Gasteiger partial charge is 0.468 e. The van der Waals surface area contributed by atoms with Gasteiger partial charge in [-0.2, -0.15) is 18.3 Å². The monoisotopic (exact) mass is 460 g/mol. The maximum atomic E-state index is 12.2. The Morgan fingerprint density at radius 1 is 1.24 bits per heavy atom. The Kier molecular flexibility index (Phi) is 6.61. The number of rotatable bonds is 6. The number of thiazole rings is 1. The molecule has 0 radical (unpaired) electrons. The van der Waals surface area contributed by atoms with Crippen molar-refractivity contribution in [3.63, 3.8) is 0 Å². The Morgan fingerprint density at radius 2 is 2.03 bits per heavy atom. The third-order valence-corrected chi connectivity index (χ3v) is 4.96. The average molecular weight is 461 g/mol. The second kappa shape index (κ2) is 8.98. The van der Waals surface area contributed by atoms with Gasteiger partial charge in [-0.25, -0.2) is 9.97 Å². The number of nitrogens with one attached hydrogen (secondary N) is 1. The van der Waals surface area contributed by atoms with E-state index >= 15 is 0 Å². The summed E-state index contributed by atoms with van der Waals surface area (Å²) in [5.74, 6) is -0.107. The molecule has 0 bridgehead atoms. The van der Waals surface area contributed by atoms with Gasteiger partial charge < -0.3 is 4.74 Å². The molecule has 0 aliphatic heterocycles. The number of hydrogen-bond acceptors (Lipinski definition) is 6. The summed E-state index contributed by atoms with van der Waals surface area (Å²) >= 11 is 13.3. The van der Waals surface area contributed by atoms with E-state index in [0.29, 0.717) is 37.7 Å². The number of benzene rings is 1. The molecule has 0 atom stereocenters. The van der Waals surface area contributed by atoms with Crippen molar-refractivity contribution in [2.24, 2.45) is 5.10 Å². The molecule has 0 unspecified atom stereocenters. The lowest BCUT2D eigenvalue weighted by molar-refractivity contribution is -0.154. The van der Waals surface area contributed by atoms with Crippen LogP contribution in [0.2, 0.25) is 10.0 Å². The first-order valence-electron chi connectivity index (χ1n) is 8.08. The number of alkyl halides is 3. The quantitative estimate of drug-likeness (QED) is 0.346. The summed E-state index contributed by atoms with van der Waals surface area (Å²) in [7, 11) is 0. The van der Waals surface area contributed by atoms with E-state index in [-0.39, 0.29) is 5.88 Å². The summed E-state index contributed by atoms with van der Waals surface area (Å²) in [5, 5.41) is 7.68. The number of halogens is 5. The van der Waals surface area contributed by atoms with Gasteiger partial charge in [0.15, 0.2) is 6.61 Å². The summed E-state index contributed by atoms with van der Waals surface area (Å²) in [5.41, 5.74) is 5.38. The van der Waals surface area contributed by atoms with Gasteiger partial charge in [0.2, 0.25) is 5.88 Å². The highest BCUT2D eigenvalue weighted by Crippen LogP contribution is 2.27. The highest BCUT2D eigenvalue weighted by molar-refractivity contribution is 7.13. The maximum Gasteiger partial charge on any atom is 0.422 e. The van der Waals surface area contributed by atoms with Crippen LogP contribution in [-0.4, -0.2) is 28.5 Å². The predicted octanol–water partition coefficient (Wildman–Crippen LogP) is 6.29. The Balaban J connectivity index is 1.68. The molecule has 0 saturated heterocycles. The van der Waals surface area contributed by atoms with Crippen molar-refractivity contribution in [2.45, 2.75) is 13.1 Å². The van der Waals surface area contributed by atoms with E-state index in [2.05, 4.69) is 25.2 Å². The number of anilines is 1. The van der Waals surface area contributed by atoms with Crippen LogP contribution < -0.4 is 10.2 Å². The molecule has 0 amide bonds. The topological polar surface area (TPSA) is 59.4 Å². The van der Waals surface area contributed by atoms with Gasteiger partial charge in [0.1, 0.15) is 5.01 Å². The molecular formula is C18H13Cl2F3N4OS. The van der Waals surface area contributed by atoms with E-state index in [1.807, 2.05) is 5.38 Å². The normalized spacial score (nSPS) is 12.1. The minimum atomic E-state index is -4.41. The Hall–Kier alpha value is -2.36. The van der Waals surface area contributed by atoms with Crippen molar-refractivity contribution >= 4 is 45.9 Å².